The zero-order valence-electron chi connectivity index (χ0n) is 12.7. The SMILES string of the molecule is Cc1ccc2nc(CN3CC(C)NC(C)C3)c(C)n2n1. The summed E-state index contributed by atoms with van der Waals surface area (Å²) in [6.45, 7) is 11.7. The number of aromatic nitrogens is 3. The highest BCUT2D eigenvalue weighted by Gasteiger charge is 2.22. The van der Waals surface area contributed by atoms with Crippen LogP contribution in [0.1, 0.15) is 30.9 Å². The molecule has 0 spiro atoms. The molecule has 1 aliphatic heterocycles. The van der Waals surface area contributed by atoms with Crippen LogP contribution in [0.25, 0.3) is 5.65 Å². The maximum absolute atomic E-state index is 4.74. The van der Waals surface area contributed by atoms with Crippen molar-refractivity contribution < 1.29 is 0 Å². The molecule has 0 radical (unpaired) electrons. The molecule has 2 aromatic heterocycles. The number of piperazine rings is 1. The van der Waals surface area contributed by atoms with E-state index in [4.69, 9.17) is 4.98 Å². The summed E-state index contributed by atoms with van der Waals surface area (Å²) in [5.41, 5.74) is 4.26. The first kappa shape index (κ1) is 13.5. The largest absolute Gasteiger partial charge is 0.309 e. The molecular formula is C15H23N5. The number of rotatable bonds is 2. The molecule has 0 bridgehead atoms. The molecule has 2 aromatic rings. The van der Waals surface area contributed by atoms with Crippen LogP contribution in [0.2, 0.25) is 0 Å². The zero-order valence-corrected chi connectivity index (χ0v) is 12.7. The molecule has 108 valence electrons. The van der Waals surface area contributed by atoms with Crippen LogP contribution in [0, 0.1) is 13.8 Å². The first-order valence-electron chi connectivity index (χ1n) is 7.33. The Labute approximate surface area is 120 Å². The Bertz CT molecular complexity index is 608. The molecular weight excluding hydrogens is 250 g/mol. The number of nitrogens with zero attached hydrogens (tertiary/aromatic N) is 4. The van der Waals surface area contributed by atoms with E-state index < -0.39 is 0 Å². The molecule has 2 unspecified atom stereocenters. The van der Waals surface area contributed by atoms with E-state index in [1.807, 2.05) is 23.6 Å². The second-order valence-electron chi connectivity index (χ2n) is 6.05. The predicted molar refractivity (Wildman–Crippen MR) is 79.8 cm³/mol. The van der Waals surface area contributed by atoms with Crippen molar-refractivity contribution in [3.63, 3.8) is 0 Å². The number of hydrogen-bond acceptors (Lipinski definition) is 4. The first-order valence-corrected chi connectivity index (χ1v) is 7.33. The minimum atomic E-state index is 0.538. The van der Waals surface area contributed by atoms with E-state index in [1.165, 1.54) is 0 Å². The second-order valence-corrected chi connectivity index (χ2v) is 6.05. The van der Waals surface area contributed by atoms with Gasteiger partial charge in [-0.1, -0.05) is 0 Å². The maximum atomic E-state index is 4.74. The average molecular weight is 273 g/mol. The van der Waals surface area contributed by atoms with Gasteiger partial charge >= 0.3 is 0 Å². The highest BCUT2D eigenvalue weighted by molar-refractivity contribution is 5.41. The van der Waals surface area contributed by atoms with Crippen molar-refractivity contribution in [1.82, 2.24) is 24.8 Å². The normalized spacial score (nSPS) is 24.4. The van der Waals surface area contributed by atoms with Gasteiger partial charge in [0.15, 0.2) is 5.65 Å². The standard InChI is InChI=1S/C15H23N5/c1-10-5-6-15-17-14(13(4)20(15)18-10)9-19-7-11(2)16-12(3)8-19/h5-6,11-12,16H,7-9H2,1-4H3. The molecule has 0 aliphatic carbocycles. The van der Waals surface area contributed by atoms with E-state index in [9.17, 15) is 0 Å². The Morgan fingerprint density at radius 3 is 2.60 bits per heavy atom. The van der Waals surface area contributed by atoms with E-state index in [1.54, 1.807) is 0 Å². The Morgan fingerprint density at radius 2 is 1.90 bits per heavy atom. The van der Waals surface area contributed by atoms with E-state index >= 15 is 0 Å². The van der Waals surface area contributed by atoms with Gasteiger partial charge in [-0.05, 0) is 39.8 Å². The summed E-state index contributed by atoms with van der Waals surface area (Å²) in [4.78, 5) is 7.22. The zero-order chi connectivity index (χ0) is 14.3. The third-order valence-electron chi connectivity index (χ3n) is 3.94. The summed E-state index contributed by atoms with van der Waals surface area (Å²) in [6, 6.07) is 5.13. The molecule has 0 aromatic carbocycles. The highest BCUT2D eigenvalue weighted by Crippen LogP contribution is 2.15. The van der Waals surface area contributed by atoms with Crippen LogP contribution in [0.4, 0.5) is 0 Å². The minimum absolute atomic E-state index is 0.538. The lowest BCUT2D eigenvalue weighted by Gasteiger charge is -2.35. The molecule has 1 N–H and O–H groups in total. The molecule has 0 saturated carbocycles. The van der Waals surface area contributed by atoms with Gasteiger partial charge in [-0.3, -0.25) is 4.90 Å². The predicted octanol–water partition coefficient (Wildman–Crippen LogP) is 1.53. The van der Waals surface area contributed by atoms with E-state index in [2.05, 4.69) is 36.1 Å². The number of imidazole rings is 1. The summed E-state index contributed by atoms with van der Waals surface area (Å²) in [6.07, 6.45) is 0. The van der Waals surface area contributed by atoms with Gasteiger partial charge in [-0.25, -0.2) is 9.50 Å². The molecule has 1 aliphatic rings. The molecule has 3 heterocycles. The molecule has 5 heteroatoms. The van der Waals surface area contributed by atoms with Gasteiger partial charge in [0, 0.05) is 31.7 Å². The van der Waals surface area contributed by atoms with Crippen LogP contribution in [0.3, 0.4) is 0 Å². The van der Waals surface area contributed by atoms with Gasteiger partial charge in [0.2, 0.25) is 0 Å². The Balaban J connectivity index is 1.85. The molecule has 1 saturated heterocycles. The highest BCUT2D eigenvalue weighted by atomic mass is 15.3. The van der Waals surface area contributed by atoms with Gasteiger partial charge in [0.25, 0.3) is 0 Å². The van der Waals surface area contributed by atoms with Gasteiger partial charge in [0.05, 0.1) is 17.1 Å². The van der Waals surface area contributed by atoms with Gasteiger partial charge in [-0.2, -0.15) is 5.10 Å². The van der Waals surface area contributed by atoms with Crippen LogP contribution >= 0.6 is 0 Å². The van der Waals surface area contributed by atoms with Crippen molar-refractivity contribution >= 4 is 5.65 Å². The van der Waals surface area contributed by atoms with Gasteiger partial charge in [-0.15, -0.1) is 0 Å². The van der Waals surface area contributed by atoms with Crippen LogP contribution < -0.4 is 5.32 Å². The van der Waals surface area contributed by atoms with Crippen LogP contribution in [-0.4, -0.2) is 44.7 Å². The summed E-state index contributed by atoms with van der Waals surface area (Å²) in [5.74, 6) is 0. The summed E-state index contributed by atoms with van der Waals surface area (Å²) < 4.78 is 1.96. The monoisotopic (exact) mass is 273 g/mol. The maximum Gasteiger partial charge on any atom is 0.154 e. The third-order valence-corrected chi connectivity index (χ3v) is 3.94. The lowest BCUT2D eigenvalue weighted by Crippen LogP contribution is -2.53. The van der Waals surface area contributed by atoms with Gasteiger partial charge in [0.1, 0.15) is 0 Å². The van der Waals surface area contributed by atoms with Crippen molar-refractivity contribution in [2.75, 3.05) is 13.1 Å². The minimum Gasteiger partial charge on any atom is -0.309 e. The van der Waals surface area contributed by atoms with E-state index in [0.717, 1.165) is 42.4 Å². The van der Waals surface area contributed by atoms with Crippen LogP contribution in [0.5, 0.6) is 0 Å². The fourth-order valence-corrected chi connectivity index (χ4v) is 3.11. The van der Waals surface area contributed by atoms with Crippen molar-refractivity contribution in [2.45, 2.75) is 46.3 Å². The smallest absolute Gasteiger partial charge is 0.154 e. The lowest BCUT2D eigenvalue weighted by atomic mass is 10.1. The summed E-state index contributed by atoms with van der Waals surface area (Å²) in [5, 5.41) is 8.11. The first-order chi connectivity index (χ1) is 9.52. The Hall–Kier alpha value is -1.46. The van der Waals surface area contributed by atoms with Gasteiger partial charge < -0.3 is 5.32 Å². The van der Waals surface area contributed by atoms with E-state index in [0.29, 0.717) is 12.1 Å². The number of hydrogen-bond donors (Lipinski definition) is 1. The number of aryl methyl sites for hydroxylation is 2. The lowest BCUT2D eigenvalue weighted by molar-refractivity contribution is 0.165. The summed E-state index contributed by atoms with van der Waals surface area (Å²) in [7, 11) is 0. The quantitative estimate of drug-likeness (QED) is 0.901. The fourth-order valence-electron chi connectivity index (χ4n) is 3.11. The van der Waals surface area contributed by atoms with Crippen molar-refractivity contribution in [3.8, 4) is 0 Å². The molecule has 0 amide bonds. The molecule has 20 heavy (non-hydrogen) atoms. The van der Waals surface area contributed by atoms with Crippen molar-refractivity contribution in [2.24, 2.45) is 0 Å². The molecule has 1 fully saturated rings. The van der Waals surface area contributed by atoms with Crippen LogP contribution in [-0.2, 0) is 6.54 Å². The van der Waals surface area contributed by atoms with Crippen molar-refractivity contribution in [1.29, 1.82) is 0 Å². The number of nitrogens with one attached hydrogen (secondary N) is 1. The number of fused-ring (bicyclic) bond motifs is 1. The third kappa shape index (κ3) is 2.55. The van der Waals surface area contributed by atoms with Crippen LogP contribution in [0.15, 0.2) is 12.1 Å². The Kier molecular flexibility index (Phi) is 3.48. The van der Waals surface area contributed by atoms with E-state index in [-0.39, 0.29) is 0 Å². The fraction of sp³-hybridized carbons (Fsp3) is 0.600. The van der Waals surface area contributed by atoms with Crippen molar-refractivity contribution in [3.05, 3.63) is 29.2 Å². The second kappa shape index (κ2) is 5.14. The Morgan fingerprint density at radius 1 is 1.20 bits per heavy atom. The summed E-state index contributed by atoms with van der Waals surface area (Å²) >= 11 is 0. The average Bonchev–Trinajstić information content (AvgIpc) is 2.65. The topological polar surface area (TPSA) is 45.5 Å². The molecule has 2 atom stereocenters. The molecule has 3 rings (SSSR count). The molecule has 5 nitrogen and oxygen atoms in total.